The second-order valence-corrected chi connectivity index (χ2v) is 2.83. The second-order valence-electron chi connectivity index (χ2n) is 1.35. The summed E-state index contributed by atoms with van der Waals surface area (Å²) in [6.07, 6.45) is -0.904. The maximum Gasteiger partial charge on any atom is 0.302 e. The smallest absolute Gasteiger partial charge is 0.269 e. The van der Waals surface area contributed by atoms with E-state index in [4.69, 9.17) is 0 Å². The van der Waals surface area contributed by atoms with Crippen LogP contribution in [0.5, 0.6) is 0 Å². The van der Waals surface area contributed by atoms with Crippen LogP contribution in [0.25, 0.3) is 0 Å². The van der Waals surface area contributed by atoms with Crippen molar-refractivity contribution in [3.8, 4) is 0 Å². The zero-order valence-corrected chi connectivity index (χ0v) is 5.53. The van der Waals surface area contributed by atoms with Crippen molar-refractivity contribution in [1.82, 2.24) is 0 Å². The van der Waals surface area contributed by atoms with Crippen molar-refractivity contribution >= 4 is 16.3 Å². The van der Waals surface area contributed by atoms with Crippen LogP contribution < -0.4 is 0 Å². The van der Waals surface area contributed by atoms with Gasteiger partial charge in [0, 0.05) is 0 Å². The van der Waals surface area contributed by atoms with Crippen molar-refractivity contribution in [2.75, 3.05) is 5.75 Å². The van der Waals surface area contributed by atoms with Crippen molar-refractivity contribution < 1.29 is 26.2 Å². The van der Waals surface area contributed by atoms with E-state index < -0.39 is 28.4 Å². The predicted octanol–water partition coefficient (Wildman–Crippen LogP) is 0.324. The molecule has 0 fully saturated rings. The summed E-state index contributed by atoms with van der Waals surface area (Å²) in [5, 5.41) is 0. The zero-order chi connectivity index (χ0) is 7.49. The summed E-state index contributed by atoms with van der Waals surface area (Å²) >= 11 is 0. The zero-order valence-electron chi connectivity index (χ0n) is 4.71. The van der Waals surface area contributed by atoms with Gasteiger partial charge in [0.25, 0.3) is 0 Å². The first-order chi connectivity index (χ1) is 3.92. The highest BCUT2D eigenvalue weighted by molar-refractivity contribution is 7.86. The third-order valence-electron chi connectivity index (χ3n) is 0.542. The largest absolute Gasteiger partial charge is 0.302 e. The summed E-state index contributed by atoms with van der Waals surface area (Å²) in [5.74, 6) is -1.07. The normalized spacial score (nSPS) is 10.2. The van der Waals surface area contributed by atoms with E-state index in [0.29, 0.717) is 0 Å². The van der Waals surface area contributed by atoms with Gasteiger partial charge in [0.2, 0.25) is 0 Å². The molecule has 0 saturated heterocycles. The van der Waals surface area contributed by atoms with E-state index in [1.54, 1.807) is 0 Å². The van der Waals surface area contributed by atoms with Gasteiger partial charge in [-0.1, -0.05) is 0 Å². The molecular formula is C3H5F3O3S. The lowest BCUT2D eigenvalue weighted by Crippen LogP contribution is -2.02. The Hall–Kier alpha value is -0.590. The van der Waals surface area contributed by atoms with E-state index in [-0.39, 0.29) is 4.70 Å². The third kappa shape index (κ3) is 10.4. The van der Waals surface area contributed by atoms with Gasteiger partial charge in [0.05, 0.1) is 12.2 Å². The van der Waals surface area contributed by atoms with Crippen molar-refractivity contribution in [2.45, 2.75) is 6.42 Å². The van der Waals surface area contributed by atoms with Crippen molar-refractivity contribution in [3.63, 3.8) is 0 Å². The van der Waals surface area contributed by atoms with Crippen molar-refractivity contribution in [1.29, 1.82) is 0 Å². The lowest BCUT2D eigenvalue weighted by molar-refractivity contribution is -0.128. The van der Waals surface area contributed by atoms with Crippen molar-refractivity contribution in [3.05, 3.63) is 0 Å². The monoisotopic (exact) mass is 178 g/mol. The Balaban J connectivity index is 0. The van der Waals surface area contributed by atoms with E-state index in [9.17, 15) is 21.5 Å². The molecule has 10 heavy (non-hydrogen) atoms. The first-order valence-corrected chi connectivity index (χ1v) is 3.58. The third-order valence-corrected chi connectivity index (χ3v) is 1.23. The Morgan fingerprint density at radius 1 is 1.40 bits per heavy atom. The lowest BCUT2D eigenvalue weighted by atomic mass is 10.5. The Kier molecular flexibility index (Phi) is 5.17. The highest BCUT2D eigenvalue weighted by Gasteiger charge is 2.09. The van der Waals surface area contributed by atoms with Crippen molar-refractivity contribution in [2.24, 2.45) is 0 Å². The first-order valence-electron chi connectivity index (χ1n) is 2.02. The molecule has 3 nitrogen and oxygen atoms in total. The Morgan fingerprint density at radius 2 is 1.80 bits per heavy atom. The standard InChI is InChI=1S/C3H4F2O3S.FH/c4-3(6)1-2-9(5,7)8;/h1-2H2;1H. The SMILES string of the molecule is F.O=C(F)CCS(=O)(=O)F. The molecule has 0 aliphatic carbocycles. The molecule has 0 heterocycles. The predicted molar refractivity (Wildman–Crippen MR) is 28.1 cm³/mol. The molecule has 7 heteroatoms. The number of hydrogen-bond acceptors (Lipinski definition) is 3. The first kappa shape index (κ1) is 12.1. The summed E-state index contributed by atoms with van der Waals surface area (Å²) in [6, 6.07) is -1.82. The van der Waals surface area contributed by atoms with E-state index >= 15 is 0 Å². The molecule has 0 aromatic carbocycles. The summed E-state index contributed by atoms with van der Waals surface area (Å²) in [4.78, 5) is 9.39. The Bertz CT molecular complexity index is 197. The quantitative estimate of drug-likeness (QED) is 0.585. The minimum atomic E-state index is -4.68. The van der Waals surface area contributed by atoms with Crippen LogP contribution in [0.3, 0.4) is 0 Å². The number of rotatable bonds is 3. The lowest BCUT2D eigenvalue weighted by Gasteiger charge is -1.85. The Labute approximate surface area is 55.6 Å². The molecule has 0 aliphatic rings. The molecule has 0 saturated carbocycles. The van der Waals surface area contributed by atoms with E-state index in [1.807, 2.05) is 0 Å². The molecular weight excluding hydrogens is 173 g/mol. The van der Waals surface area contributed by atoms with Gasteiger partial charge in [0.15, 0.2) is 0 Å². The fourth-order valence-electron chi connectivity index (χ4n) is 0.202. The molecule has 0 N–H and O–H groups in total. The average Bonchev–Trinajstić information content (AvgIpc) is 1.59. The summed E-state index contributed by atoms with van der Waals surface area (Å²) in [5.41, 5.74) is 0. The minimum absolute atomic E-state index is 0. The average molecular weight is 178 g/mol. The molecule has 0 aliphatic heterocycles. The van der Waals surface area contributed by atoms with E-state index in [0.717, 1.165) is 0 Å². The van der Waals surface area contributed by atoms with Crippen LogP contribution in [-0.2, 0) is 15.0 Å². The van der Waals surface area contributed by atoms with Gasteiger partial charge in [-0.2, -0.15) is 12.8 Å². The second kappa shape index (κ2) is 4.26. The maximum absolute atomic E-state index is 11.4. The maximum atomic E-state index is 11.4. The summed E-state index contributed by atoms with van der Waals surface area (Å²) < 4.78 is 41.7. The van der Waals surface area contributed by atoms with Gasteiger partial charge >= 0.3 is 16.3 Å². The van der Waals surface area contributed by atoms with E-state index in [2.05, 4.69) is 0 Å². The molecule has 0 aromatic heterocycles. The number of carbonyl (C=O) groups excluding carboxylic acids is 1. The molecule has 0 rings (SSSR count). The van der Waals surface area contributed by atoms with Crippen LogP contribution >= 0.6 is 0 Å². The molecule has 0 spiro atoms. The molecule has 0 atom stereocenters. The Morgan fingerprint density at radius 3 is 1.90 bits per heavy atom. The minimum Gasteiger partial charge on any atom is -0.269 e. The number of carbonyl (C=O) groups is 1. The molecule has 0 unspecified atom stereocenters. The van der Waals surface area contributed by atoms with Gasteiger partial charge in [-0.05, 0) is 0 Å². The van der Waals surface area contributed by atoms with Gasteiger partial charge in [-0.15, -0.1) is 3.89 Å². The van der Waals surface area contributed by atoms with Gasteiger partial charge in [0.1, 0.15) is 0 Å². The van der Waals surface area contributed by atoms with Gasteiger partial charge in [-0.25, -0.2) is 0 Å². The van der Waals surface area contributed by atoms with E-state index in [1.165, 1.54) is 0 Å². The van der Waals surface area contributed by atoms with Crippen LogP contribution in [0, 0.1) is 0 Å². The fraction of sp³-hybridized carbons (Fsp3) is 0.667. The molecule has 0 bridgehead atoms. The van der Waals surface area contributed by atoms with Crippen LogP contribution in [0.1, 0.15) is 6.42 Å². The summed E-state index contributed by atoms with van der Waals surface area (Å²) in [7, 11) is -4.68. The van der Waals surface area contributed by atoms with Crippen LogP contribution in [-0.4, -0.2) is 20.2 Å². The molecule has 0 aromatic rings. The van der Waals surface area contributed by atoms with Gasteiger partial charge < -0.3 is 0 Å². The molecule has 0 radical (unpaired) electrons. The fourth-order valence-corrected chi connectivity index (χ4v) is 0.606. The number of halogens is 3. The topological polar surface area (TPSA) is 51.2 Å². The molecule has 62 valence electrons. The van der Waals surface area contributed by atoms with Gasteiger partial charge in [-0.3, -0.25) is 9.50 Å². The molecule has 0 amide bonds. The number of hydrogen-bond donors (Lipinski definition) is 0. The highest BCUT2D eigenvalue weighted by atomic mass is 32.3. The summed E-state index contributed by atoms with van der Waals surface area (Å²) in [6.45, 7) is 0. The van der Waals surface area contributed by atoms with Crippen LogP contribution in [0.2, 0.25) is 0 Å². The van der Waals surface area contributed by atoms with Crippen LogP contribution in [0.15, 0.2) is 0 Å². The van der Waals surface area contributed by atoms with Crippen LogP contribution in [0.4, 0.5) is 13.0 Å². The highest BCUT2D eigenvalue weighted by Crippen LogP contribution is 1.94.